The third kappa shape index (κ3) is 6.12. The number of hydrogen-bond donors (Lipinski definition) is 2. The second-order valence-corrected chi connectivity index (χ2v) is 5.60. The maximum Gasteiger partial charge on any atom is 0.345 e. The summed E-state index contributed by atoms with van der Waals surface area (Å²) < 4.78 is 4.68. The van der Waals surface area contributed by atoms with Gasteiger partial charge in [0.15, 0.2) is 6.61 Å². The minimum absolute atomic E-state index is 0.274. The fourth-order valence-corrected chi connectivity index (χ4v) is 1.55. The van der Waals surface area contributed by atoms with Crippen LogP contribution in [0.2, 0.25) is 0 Å². The van der Waals surface area contributed by atoms with E-state index < -0.39 is 40.7 Å². The van der Waals surface area contributed by atoms with Crippen molar-refractivity contribution in [3.63, 3.8) is 0 Å². The number of nitro benzene ring substituents is 1. The van der Waals surface area contributed by atoms with E-state index in [2.05, 4.69) is 10.1 Å². The Labute approximate surface area is 132 Å². The van der Waals surface area contributed by atoms with E-state index in [9.17, 15) is 24.5 Å². The van der Waals surface area contributed by atoms with Crippen molar-refractivity contribution in [3.8, 4) is 0 Å². The first-order chi connectivity index (χ1) is 10.6. The first kappa shape index (κ1) is 18.1. The number of para-hydroxylation sites is 1. The van der Waals surface area contributed by atoms with E-state index in [1.165, 1.54) is 18.2 Å². The molecule has 9 heteroatoms. The van der Waals surface area contributed by atoms with Crippen molar-refractivity contribution in [2.45, 2.75) is 26.3 Å². The summed E-state index contributed by atoms with van der Waals surface area (Å²) >= 11 is 0. The number of nitrogens with one attached hydrogen (secondary N) is 2. The lowest BCUT2D eigenvalue weighted by molar-refractivity contribution is -0.385. The number of carbonyl (C=O) groups is 3. The van der Waals surface area contributed by atoms with Gasteiger partial charge in [-0.15, -0.1) is 0 Å². The summed E-state index contributed by atoms with van der Waals surface area (Å²) in [5.74, 6) is -1.87. The van der Waals surface area contributed by atoms with E-state index in [4.69, 9.17) is 0 Å². The largest absolute Gasteiger partial charge is 0.452 e. The van der Waals surface area contributed by atoms with Gasteiger partial charge in [0, 0.05) is 11.6 Å². The third-order valence-corrected chi connectivity index (χ3v) is 2.40. The number of imide groups is 1. The Morgan fingerprint density at radius 2 is 1.83 bits per heavy atom. The average Bonchev–Trinajstić information content (AvgIpc) is 2.42. The number of amides is 3. The number of ether oxygens (including phenoxy) is 1. The van der Waals surface area contributed by atoms with E-state index in [0.29, 0.717) is 0 Å². The number of nitro groups is 1. The van der Waals surface area contributed by atoms with Gasteiger partial charge in [-0.2, -0.15) is 0 Å². The lowest BCUT2D eigenvalue weighted by Crippen LogP contribution is -2.49. The minimum Gasteiger partial charge on any atom is -0.452 e. The molecule has 1 rings (SSSR count). The number of nitrogens with zero attached hydrogens (tertiary/aromatic N) is 1. The Morgan fingerprint density at radius 3 is 2.39 bits per heavy atom. The highest BCUT2D eigenvalue weighted by Gasteiger charge is 2.22. The standard InChI is InChI=1S/C14H17N3O6/c1-14(2,3)16-13(20)15-11(18)8-23-12(19)9-6-4-5-7-10(9)17(21)22/h4-7H,8H2,1-3H3,(H2,15,16,18,20). The quantitative estimate of drug-likeness (QED) is 0.489. The molecule has 1 aromatic carbocycles. The Bertz CT molecular complexity index is 636. The lowest BCUT2D eigenvalue weighted by atomic mass is 10.1. The van der Waals surface area contributed by atoms with E-state index >= 15 is 0 Å². The van der Waals surface area contributed by atoms with Crippen molar-refractivity contribution in [2.75, 3.05) is 6.61 Å². The molecule has 0 atom stereocenters. The van der Waals surface area contributed by atoms with Crippen LogP contribution >= 0.6 is 0 Å². The van der Waals surface area contributed by atoms with E-state index in [0.717, 1.165) is 6.07 Å². The Morgan fingerprint density at radius 1 is 1.22 bits per heavy atom. The van der Waals surface area contributed by atoms with Crippen LogP contribution in [0, 0.1) is 10.1 Å². The molecule has 0 aliphatic heterocycles. The number of esters is 1. The second kappa shape index (κ2) is 7.34. The van der Waals surface area contributed by atoms with Crippen LogP contribution in [-0.4, -0.2) is 35.0 Å². The van der Waals surface area contributed by atoms with Crippen LogP contribution in [0.25, 0.3) is 0 Å². The minimum atomic E-state index is -1.02. The third-order valence-electron chi connectivity index (χ3n) is 2.40. The molecule has 0 saturated carbocycles. The fourth-order valence-electron chi connectivity index (χ4n) is 1.55. The van der Waals surface area contributed by atoms with Crippen molar-refractivity contribution in [1.82, 2.24) is 10.6 Å². The van der Waals surface area contributed by atoms with Crippen molar-refractivity contribution >= 4 is 23.6 Å². The molecule has 0 aromatic heterocycles. The number of hydrogen-bond acceptors (Lipinski definition) is 6. The monoisotopic (exact) mass is 323 g/mol. The van der Waals surface area contributed by atoms with Gasteiger partial charge in [-0.25, -0.2) is 9.59 Å². The molecule has 1 aromatic rings. The van der Waals surface area contributed by atoms with Crippen molar-refractivity contribution in [1.29, 1.82) is 0 Å². The summed E-state index contributed by atoms with van der Waals surface area (Å²) in [5.41, 5.74) is -1.24. The maximum absolute atomic E-state index is 11.8. The van der Waals surface area contributed by atoms with Crippen LogP contribution in [-0.2, 0) is 9.53 Å². The van der Waals surface area contributed by atoms with Gasteiger partial charge in [-0.05, 0) is 26.8 Å². The van der Waals surface area contributed by atoms with Gasteiger partial charge in [0.05, 0.1) is 4.92 Å². The molecule has 0 radical (unpaired) electrons. The Kier molecular flexibility index (Phi) is 5.77. The van der Waals surface area contributed by atoms with Crippen molar-refractivity contribution in [3.05, 3.63) is 39.9 Å². The molecule has 124 valence electrons. The maximum atomic E-state index is 11.8. The molecule has 0 bridgehead atoms. The number of rotatable bonds is 4. The predicted octanol–water partition coefficient (Wildman–Crippen LogP) is 1.38. The van der Waals surface area contributed by atoms with E-state index in [1.807, 2.05) is 5.32 Å². The van der Waals surface area contributed by atoms with E-state index in [1.54, 1.807) is 20.8 Å². The van der Waals surface area contributed by atoms with Crippen LogP contribution in [0.4, 0.5) is 10.5 Å². The number of urea groups is 1. The van der Waals surface area contributed by atoms with Crippen LogP contribution in [0.15, 0.2) is 24.3 Å². The van der Waals surface area contributed by atoms with Gasteiger partial charge in [-0.3, -0.25) is 20.2 Å². The summed E-state index contributed by atoms with van der Waals surface area (Å²) in [6, 6.07) is 4.46. The summed E-state index contributed by atoms with van der Waals surface area (Å²) in [6.07, 6.45) is 0. The molecule has 23 heavy (non-hydrogen) atoms. The Hall–Kier alpha value is -2.97. The SMILES string of the molecule is CC(C)(C)NC(=O)NC(=O)COC(=O)c1ccccc1[N+](=O)[O-]. The summed E-state index contributed by atoms with van der Waals surface area (Å²) in [6.45, 7) is 4.45. The molecule has 0 aliphatic rings. The zero-order valence-electron chi connectivity index (χ0n) is 12.9. The van der Waals surface area contributed by atoms with Crippen molar-refractivity contribution in [2.24, 2.45) is 0 Å². The normalized spacial score (nSPS) is 10.6. The number of benzene rings is 1. The van der Waals surface area contributed by atoms with Crippen LogP contribution in [0.5, 0.6) is 0 Å². The smallest absolute Gasteiger partial charge is 0.345 e. The van der Waals surface area contributed by atoms with Crippen LogP contribution < -0.4 is 10.6 Å². The molecule has 0 saturated heterocycles. The molecule has 2 N–H and O–H groups in total. The zero-order valence-corrected chi connectivity index (χ0v) is 12.9. The highest BCUT2D eigenvalue weighted by molar-refractivity contribution is 5.98. The van der Waals surface area contributed by atoms with Gasteiger partial charge in [0.2, 0.25) is 0 Å². The second-order valence-electron chi connectivity index (χ2n) is 5.60. The summed E-state index contributed by atoms with van der Waals surface area (Å²) in [5, 5.41) is 15.3. The van der Waals surface area contributed by atoms with Gasteiger partial charge in [-0.1, -0.05) is 12.1 Å². The summed E-state index contributed by atoms with van der Waals surface area (Å²) in [4.78, 5) is 44.8. The zero-order chi connectivity index (χ0) is 17.6. The molecular formula is C14H17N3O6. The molecular weight excluding hydrogens is 306 g/mol. The highest BCUT2D eigenvalue weighted by Crippen LogP contribution is 2.18. The molecule has 0 spiro atoms. The first-order valence-corrected chi connectivity index (χ1v) is 6.62. The lowest BCUT2D eigenvalue weighted by Gasteiger charge is -2.20. The van der Waals surface area contributed by atoms with Crippen LogP contribution in [0.3, 0.4) is 0 Å². The average molecular weight is 323 g/mol. The molecule has 9 nitrogen and oxygen atoms in total. The molecule has 0 aliphatic carbocycles. The summed E-state index contributed by atoms with van der Waals surface area (Å²) in [7, 11) is 0. The molecule has 0 unspecified atom stereocenters. The predicted molar refractivity (Wildman–Crippen MR) is 79.8 cm³/mol. The van der Waals surface area contributed by atoms with Crippen molar-refractivity contribution < 1.29 is 24.0 Å². The van der Waals surface area contributed by atoms with Gasteiger partial charge >= 0.3 is 12.0 Å². The van der Waals surface area contributed by atoms with Gasteiger partial charge < -0.3 is 10.1 Å². The molecule has 3 amide bonds. The Balaban J connectivity index is 2.59. The number of carbonyl (C=O) groups excluding carboxylic acids is 3. The van der Waals surface area contributed by atoms with Gasteiger partial charge in [0.25, 0.3) is 11.6 Å². The van der Waals surface area contributed by atoms with E-state index in [-0.39, 0.29) is 5.56 Å². The topological polar surface area (TPSA) is 128 Å². The molecule has 0 fully saturated rings. The molecule has 0 heterocycles. The highest BCUT2D eigenvalue weighted by atomic mass is 16.6. The van der Waals surface area contributed by atoms with Crippen LogP contribution in [0.1, 0.15) is 31.1 Å². The fraction of sp³-hybridized carbons (Fsp3) is 0.357. The first-order valence-electron chi connectivity index (χ1n) is 6.62. The van der Waals surface area contributed by atoms with Gasteiger partial charge in [0.1, 0.15) is 5.56 Å².